The minimum Gasteiger partial charge on any atom is -0.336 e. The molecule has 1 aliphatic heterocycles. The number of amides is 1. The fraction of sp³-hybridized carbons (Fsp3) is 0.235. The van der Waals surface area contributed by atoms with E-state index in [0.717, 1.165) is 0 Å². The maximum absolute atomic E-state index is 13.4. The summed E-state index contributed by atoms with van der Waals surface area (Å²) in [4.78, 5) is 14.2. The van der Waals surface area contributed by atoms with Crippen molar-refractivity contribution in [2.24, 2.45) is 0 Å². The smallest absolute Gasteiger partial charge is 0.255 e. The molecule has 3 rings (SSSR count). The van der Waals surface area contributed by atoms with E-state index in [4.69, 9.17) is 11.6 Å². The number of piperazine rings is 1. The Morgan fingerprint density at radius 3 is 2.42 bits per heavy atom. The number of rotatable bonds is 3. The lowest BCUT2D eigenvalue weighted by molar-refractivity contribution is 0.0696. The van der Waals surface area contributed by atoms with Gasteiger partial charge in [-0.3, -0.25) is 4.79 Å². The molecule has 0 aromatic heterocycles. The molecule has 1 aliphatic rings. The van der Waals surface area contributed by atoms with Gasteiger partial charge < -0.3 is 4.90 Å². The molecule has 0 bridgehead atoms. The average Bonchev–Trinajstić information content (AvgIpc) is 2.63. The van der Waals surface area contributed by atoms with Crippen molar-refractivity contribution < 1.29 is 17.6 Å². The number of carbonyl (C=O) groups excluding carboxylic acids is 1. The molecule has 1 heterocycles. The first kappa shape index (κ1) is 19.3. The van der Waals surface area contributed by atoms with Crippen molar-refractivity contribution in [3.05, 3.63) is 63.3 Å². The summed E-state index contributed by atoms with van der Waals surface area (Å²) in [5.41, 5.74) is 0.219. The zero-order valence-electron chi connectivity index (χ0n) is 13.5. The van der Waals surface area contributed by atoms with Gasteiger partial charge in [-0.2, -0.15) is 4.31 Å². The third-order valence-electron chi connectivity index (χ3n) is 4.12. The van der Waals surface area contributed by atoms with Gasteiger partial charge in [0.25, 0.3) is 5.91 Å². The van der Waals surface area contributed by atoms with Gasteiger partial charge in [0, 0.05) is 35.7 Å². The van der Waals surface area contributed by atoms with E-state index in [1.54, 1.807) is 12.1 Å². The molecule has 2 aromatic rings. The van der Waals surface area contributed by atoms with E-state index in [9.17, 15) is 17.6 Å². The highest BCUT2D eigenvalue weighted by molar-refractivity contribution is 9.10. The lowest BCUT2D eigenvalue weighted by Gasteiger charge is -2.34. The predicted octanol–water partition coefficient (Wildman–Crippen LogP) is 3.39. The topological polar surface area (TPSA) is 57.7 Å². The highest BCUT2D eigenvalue weighted by Gasteiger charge is 2.31. The van der Waals surface area contributed by atoms with Crippen LogP contribution in [0.3, 0.4) is 0 Å². The Morgan fingerprint density at radius 2 is 1.77 bits per heavy atom. The quantitative estimate of drug-likeness (QED) is 0.704. The van der Waals surface area contributed by atoms with Gasteiger partial charge in [0.15, 0.2) is 0 Å². The van der Waals surface area contributed by atoms with Crippen LogP contribution in [0.4, 0.5) is 4.39 Å². The molecule has 1 saturated heterocycles. The van der Waals surface area contributed by atoms with Crippen LogP contribution >= 0.6 is 27.5 Å². The summed E-state index contributed by atoms with van der Waals surface area (Å²) in [5, 5.41) is 0.343. The number of benzene rings is 2. The summed E-state index contributed by atoms with van der Waals surface area (Å²) in [6.07, 6.45) is 0. The van der Waals surface area contributed by atoms with Gasteiger partial charge in [0.2, 0.25) is 10.0 Å². The van der Waals surface area contributed by atoms with E-state index in [-0.39, 0.29) is 42.5 Å². The first-order valence-electron chi connectivity index (χ1n) is 7.79. The Kier molecular flexibility index (Phi) is 5.67. The van der Waals surface area contributed by atoms with Gasteiger partial charge in [0.05, 0.1) is 10.5 Å². The molecule has 26 heavy (non-hydrogen) atoms. The van der Waals surface area contributed by atoms with Crippen molar-refractivity contribution in [1.82, 2.24) is 9.21 Å². The van der Waals surface area contributed by atoms with Gasteiger partial charge in [-0.25, -0.2) is 12.8 Å². The molecule has 0 aliphatic carbocycles. The highest BCUT2D eigenvalue weighted by Crippen LogP contribution is 2.23. The summed E-state index contributed by atoms with van der Waals surface area (Å²) in [7, 11) is -3.67. The van der Waals surface area contributed by atoms with Gasteiger partial charge >= 0.3 is 0 Å². The summed E-state index contributed by atoms with van der Waals surface area (Å²) in [5.74, 6) is -0.838. The van der Waals surface area contributed by atoms with Gasteiger partial charge in [-0.05, 0) is 52.3 Å². The maximum Gasteiger partial charge on any atom is 0.255 e. The number of carbonyl (C=O) groups is 1. The molecular formula is C17H15BrClFN2O3S. The van der Waals surface area contributed by atoms with Crippen molar-refractivity contribution in [3.8, 4) is 0 Å². The number of hydrogen-bond donors (Lipinski definition) is 0. The van der Waals surface area contributed by atoms with E-state index < -0.39 is 15.8 Å². The van der Waals surface area contributed by atoms with Crippen LogP contribution in [0.1, 0.15) is 10.4 Å². The van der Waals surface area contributed by atoms with E-state index in [2.05, 4.69) is 15.9 Å². The van der Waals surface area contributed by atoms with E-state index >= 15 is 0 Å². The van der Waals surface area contributed by atoms with Crippen LogP contribution in [-0.4, -0.2) is 49.7 Å². The Hall–Kier alpha value is -1.48. The first-order chi connectivity index (χ1) is 12.3. The standard InChI is InChI=1S/C17H15BrClFN2O3S/c18-16-5-4-13(20)11-15(16)17(23)21-6-8-22(9-7-21)26(24,25)14-3-1-2-12(19)10-14/h1-5,10-11H,6-9H2. The van der Waals surface area contributed by atoms with Crippen LogP contribution in [0.15, 0.2) is 51.8 Å². The monoisotopic (exact) mass is 460 g/mol. The minimum atomic E-state index is -3.67. The molecule has 0 spiro atoms. The third kappa shape index (κ3) is 3.93. The van der Waals surface area contributed by atoms with Gasteiger partial charge in [-0.15, -0.1) is 0 Å². The summed E-state index contributed by atoms with van der Waals surface area (Å²) >= 11 is 9.12. The lowest BCUT2D eigenvalue weighted by Crippen LogP contribution is -2.50. The molecule has 2 aromatic carbocycles. The summed E-state index contributed by atoms with van der Waals surface area (Å²) in [6, 6.07) is 9.98. The van der Waals surface area contributed by atoms with Crippen LogP contribution in [0.2, 0.25) is 5.02 Å². The molecule has 0 saturated carbocycles. The molecule has 0 unspecified atom stereocenters. The normalized spacial score (nSPS) is 15.9. The molecule has 0 radical (unpaired) electrons. The first-order valence-corrected chi connectivity index (χ1v) is 10.4. The summed E-state index contributed by atoms with van der Waals surface area (Å²) < 4.78 is 40.6. The van der Waals surface area contributed by atoms with Crippen LogP contribution in [0, 0.1) is 5.82 Å². The third-order valence-corrected chi connectivity index (χ3v) is 6.94. The second-order valence-electron chi connectivity index (χ2n) is 5.78. The Labute approximate surface area is 164 Å². The van der Waals surface area contributed by atoms with Crippen molar-refractivity contribution >= 4 is 43.5 Å². The minimum absolute atomic E-state index is 0.123. The van der Waals surface area contributed by atoms with E-state index in [1.807, 2.05) is 0 Å². The second kappa shape index (κ2) is 7.64. The van der Waals surface area contributed by atoms with Gasteiger partial charge in [-0.1, -0.05) is 17.7 Å². The zero-order valence-corrected chi connectivity index (χ0v) is 16.7. The molecule has 1 amide bonds. The maximum atomic E-state index is 13.4. The van der Waals surface area contributed by atoms with Crippen molar-refractivity contribution in [2.75, 3.05) is 26.2 Å². The average molecular weight is 462 g/mol. The fourth-order valence-electron chi connectivity index (χ4n) is 2.74. The molecule has 138 valence electrons. The van der Waals surface area contributed by atoms with Gasteiger partial charge in [0.1, 0.15) is 5.82 Å². The Morgan fingerprint density at radius 1 is 1.08 bits per heavy atom. The number of nitrogens with zero attached hydrogens (tertiary/aromatic N) is 2. The van der Waals surface area contributed by atoms with Crippen molar-refractivity contribution in [3.63, 3.8) is 0 Å². The van der Waals surface area contributed by atoms with Crippen molar-refractivity contribution in [1.29, 1.82) is 0 Å². The molecule has 0 atom stereocenters. The fourth-order valence-corrected chi connectivity index (χ4v) is 4.88. The van der Waals surface area contributed by atoms with Crippen LogP contribution in [0.5, 0.6) is 0 Å². The van der Waals surface area contributed by atoms with Crippen LogP contribution < -0.4 is 0 Å². The molecule has 0 N–H and O–H groups in total. The number of hydrogen-bond acceptors (Lipinski definition) is 3. The second-order valence-corrected chi connectivity index (χ2v) is 9.01. The molecule has 1 fully saturated rings. The highest BCUT2D eigenvalue weighted by atomic mass is 79.9. The molecule has 9 heteroatoms. The Balaban J connectivity index is 1.73. The number of halogens is 3. The SMILES string of the molecule is O=C(c1cc(F)ccc1Br)N1CCN(S(=O)(=O)c2cccc(Cl)c2)CC1. The van der Waals surface area contributed by atoms with Crippen LogP contribution in [0.25, 0.3) is 0 Å². The Bertz CT molecular complexity index is 947. The van der Waals surface area contributed by atoms with Crippen LogP contribution in [-0.2, 0) is 10.0 Å². The lowest BCUT2D eigenvalue weighted by atomic mass is 10.2. The molecule has 5 nitrogen and oxygen atoms in total. The van der Waals surface area contributed by atoms with Crippen molar-refractivity contribution in [2.45, 2.75) is 4.90 Å². The van der Waals surface area contributed by atoms with E-state index in [0.29, 0.717) is 9.50 Å². The number of sulfonamides is 1. The van der Waals surface area contributed by atoms with E-state index in [1.165, 1.54) is 39.5 Å². The zero-order chi connectivity index (χ0) is 18.9. The predicted molar refractivity (Wildman–Crippen MR) is 100 cm³/mol. The summed E-state index contributed by atoms with van der Waals surface area (Å²) in [6.45, 7) is 0.768. The molecular weight excluding hydrogens is 447 g/mol. The largest absolute Gasteiger partial charge is 0.336 e.